The highest BCUT2D eigenvalue weighted by Gasteiger charge is 2.45. The van der Waals surface area contributed by atoms with Crippen LogP contribution in [0.1, 0.15) is 36.6 Å². The predicted octanol–water partition coefficient (Wildman–Crippen LogP) is 3.77. The summed E-state index contributed by atoms with van der Waals surface area (Å²) in [7, 11) is 0. The minimum atomic E-state index is -4.40. The quantitative estimate of drug-likeness (QED) is 0.830. The van der Waals surface area contributed by atoms with Gasteiger partial charge in [-0.2, -0.15) is 18.2 Å². The lowest BCUT2D eigenvalue weighted by Gasteiger charge is -2.37. The molecule has 3 heterocycles. The molecule has 2 aliphatic rings. The van der Waals surface area contributed by atoms with Crippen LogP contribution in [0.2, 0.25) is 0 Å². The van der Waals surface area contributed by atoms with Gasteiger partial charge in [-0.25, -0.2) is 4.79 Å². The van der Waals surface area contributed by atoms with E-state index in [1.54, 1.807) is 0 Å². The standard InChI is InChI=1S/C18H18F3N3O4/c19-18(20,21)13-3-1-11(2-4-13)15-22-14(23-28-15)12-9-17(27-10-12)5-7-24(8-6-17)16(25)26/h1-4,12H,5-10H2,(H,25,26). The van der Waals surface area contributed by atoms with E-state index in [1.807, 2.05) is 0 Å². The first-order valence-corrected chi connectivity index (χ1v) is 8.89. The van der Waals surface area contributed by atoms with Crippen molar-refractivity contribution in [3.63, 3.8) is 0 Å². The molecule has 0 aliphatic carbocycles. The highest BCUT2D eigenvalue weighted by Crippen LogP contribution is 2.42. The van der Waals surface area contributed by atoms with E-state index in [2.05, 4.69) is 10.1 Å². The van der Waals surface area contributed by atoms with Crippen molar-refractivity contribution in [3.8, 4) is 11.5 Å². The fourth-order valence-corrected chi connectivity index (χ4v) is 3.78. The molecule has 0 saturated carbocycles. The SMILES string of the molecule is O=C(O)N1CCC2(CC1)CC(c1noc(-c3ccc(C(F)(F)F)cc3)n1)CO2. The molecule has 2 saturated heterocycles. The number of hydrogen-bond donors (Lipinski definition) is 1. The van der Waals surface area contributed by atoms with Crippen LogP contribution in [0.25, 0.3) is 11.5 Å². The molecule has 1 atom stereocenters. The van der Waals surface area contributed by atoms with Gasteiger partial charge >= 0.3 is 12.3 Å². The molecule has 10 heteroatoms. The third kappa shape index (κ3) is 3.56. The Bertz CT molecular complexity index is 858. The summed E-state index contributed by atoms with van der Waals surface area (Å²) in [4.78, 5) is 16.8. The molecule has 1 aromatic carbocycles. The van der Waals surface area contributed by atoms with Gasteiger partial charge in [-0.05, 0) is 43.5 Å². The maximum atomic E-state index is 12.7. The van der Waals surface area contributed by atoms with Gasteiger partial charge in [-0.1, -0.05) is 5.16 Å². The number of nitrogens with zero attached hydrogens (tertiary/aromatic N) is 3. The van der Waals surface area contributed by atoms with Crippen LogP contribution in [0, 0.1) is 0 Å². The first-order valence-electron chi connectivity index (χ1n) is 8.89. The number of piperidine rings is 1. The fraction of sp³-hybridized carbons (Fsp3) is 0.500. The van der Waals surface area contributed by atoms with Gasteiger partial charge in [-0.3, -0.25) is 0 Å². The van der Waals surface area contributed by atoms with Gasteiger partial charge in [0, 0.05) is 24.6 Å². The Morgan fingerprint density at radius 3 is 2.50 bits per heavy atom. The maximum absolute atomic E-state index is 12.7. The number of carbonyl (C=O) groups is 1. The highest BCUT2D eigenvalue weighted by atomic mass is 19.4. The van der Waals surface area contributed by atoms with Crippen molar-refractivity contribution in [2.75, 3.05) is 19.7 Å². The van der Waals surface area contributed by atoms with Crippen LogP contribution in [0.5, 0.6) is 0 Å². The van der Waals surface area contributed by atoms with Crippen LogP contribution in [-0.2, 0) is 10.9 Å². The molecular weight excluding hydrogens is 379 g/mol. The van der Waals surface area contributed by atoms with Crippen molar-refractivity contribution in [2.24, 2.45) is 0 Å². The number of hydrogen-bond acceptors (Lipinski definition) is 5. The summed E-state index contributed by atoms with van der Waals surface area (Å²) in [6.45, 7) is 1.25. The van der Waals surface area contributed by atoms with E-state index in [0.717, 1.165) is 12.1 Å². The number of benzene rings is 1. The number of carboxylic acid groups (broad SMARTS) is 1. The van der Waals surface area contributed by atoms with Gasteiger partial charge in [0.15, 0.2) is 5.82 Å². The minimum Gasteiger partial charge on any atom is -0.465 e. The maximum Gasteiger partial charge on any atom is 0.416 e. The van der Waals surface area contributed by atoms with Crippen LogP contribution >= 0.6 is 0 Å². The molecule has 1 N–H and O–H groups in total. The lowest BCUT2D eigenvalue weighted by Crippen LogP contribution is -2.45. The largest absolute Gasteiger partial charge is 0.465 e. The van der Waals surface area contributed by atoms with Gasteiger partial charge in [-0.15, -0.1) is 0 Å². The average molecular weight is 397 g/mol. The van der Waals surface area contributed by atoms with E-state index in [0.29, 0.717) is 50.3 Å². The molecule has 1 aromatic heterocycles. The lowest BCUT2D eigenvalue weighted by atomic mass is 9.85. The van der Waals surface area contributed by atoms with Crippen LogP contribution in [-0.4, -0.2) is 51.5 Å². The smallest absolute Gasteiger partial charge is 0.416 e. The molecular formula is C18H18F3N3O4. The van der Waals surface area contributed by atoms with Crippen molar-refractivity contribution in [1.29, 1.82) is 0 Å². The molecule has 2 aromatic rings. The number of ether oxygens (including phenoxy) is 1. The average Bonchev–Trinajstić information content (AvgIpc) is 3.29. The summed E-state index contributed by atoms with van der Waals surface area (Å²) in [5, 5.41) is 13.0. The van der Waals surface area contributed by atoms with Crippen LogP contribution in [0.3, 0.4) is 0 Å². The number of rotatable bonds is 2. The Balaban J connectivity index is 1.43. The monoisotopic (exact) mass is 397 g/mol. The molecule has 4 rings (SSSR count). The molecule has 1 unspecified atom stereocenters. The fourth-order valence-electron chi connectivity index (χ4n) is 3.78. The molecule has 0 radical (unpaired) electrons. The first kappa shape index (κ1) is 18.7. The van der Waals surface area contributed by atoms with Crippen LogP contribution in [0.4, 0.5) is 18.0 Å². The summed E-state index contributed by atoms with van der Waals surface area (Å²) in [5.74, 6) is 0.515. The zero-order valence-corrected chi connectivity index (χ0v) is 14.8. The van der Waals surface area contributed by atoms with Crippen molar-refractivity contribution in [1.82, 2.24) is 15.0 Å². The van der Waals surface area contributed by atoms with Gasteiger partial charge in [0.05, 0.1) is 17.8 Å². The Labute approximate surface area is 158 Å². The number of alkyl halides is 3. The number of halogens is 3. The van der Waals surface area contributed by atoms with E-state index in [4.69, 9.17) is 14.4 Å². The Morgan fingerprint density at radius 2 is 1.89 bits per heavy atom. The molecule has 0 bridgehead atoms. The Hall–Kier alpha value is -2.62. The van der Waals surface area contributed by atoms with Crippen molar-refractivity contribution < 1.29 is 32.3 Å². The molecule has 1 amide bonds. The van der Waals surface area contributed by atoms with Crippen molar-refractivity contribution in [2.45, 2.75) is 37.0 Å². The number of likely N-dealkylation sites (tertiary alicyclic amines) is 1. The predicted molar refractivity (Wildman–Crippen MR) is 89.6 cm³/mol. The second-order valence-electron chi connectivity index (χ2n) is 7.20. The highest BCUT2D eigenvalue weighted by molar-refractivity contribution is 5.65. The zero-order valence-electron chi connectivity index (χ0n) is 14.8. The summed E-state index contributed by atoms with van der Waals surface area (Å²) < 4.78 is 49.2. The topological polar surface area (TPSA) is 88.7 Å². The summed E-state index contributed by atoms with van der Waals surface area (Å²) in [6.07, 6.45) is -3.45. The molecule has 150 valence electrons. The molecule has 1 spiro atoms. The molecule has 28 heavy (non-hydrogen) atoms. The minimum absolute atomic E-state index is 0.0941. The van der Waals surface area contributed by atoms with E-state index in [9.17, 15) is 18.0 Å². The number of amides is 1. The molecule has 2 aliphatic heterocycles. The number of aromatic nitrogens is 2. The van der Waals surface area contributed by atoms with Gasteiger partial charge in [0.2, 0.25) is 0 Å². The van der Waals surface area contributed by atoms with Crippen LogP contribution in [0.15, 0.2) is 28.8 Å². The van der Waals surface area contributed by atoms with Gasteiger partial charge < -0.3 is 19.3 Å². The van der Waals surface area contributed by atoms with E-state index < -0.39 is 17.8 Å². The first-order chi connectivity index (χ1) is 13.3. The third-order valence-electron chi connectivity index (χ3n) is 5.42. The van der Waals surface area contributed by atoms with Crippen molar-refractivity contribution in [3.05, 3.63) is 35.7 Å². The normalized spacial score (nSPS) is 22.0. The van der Waals surface area contributed by atoms with Crippen LogP contribution < -0.4 is 0 Å². The second kappa shape index (κ2) is 6.77. The summed E-state index contributed by atoms with van der Waals surface area (Å²) >= 11 is 0. The van der Waals surface area contributed by atoms with E-state index in [1.165, 1.54) is 17.0 Å². The second-order valence-corrected chi connectivity index (χ2v) is 7.20. The summed E-state index contributed by atoms with van der Waals surface area (Å²) in [5.41, 5.74) is -0.712. The molecule has 2 fully saturated rings. The van der Waals surface area contributed by atoms with Gasteiger partial charge in [0.1, 0.15) is 0 Å². The molecule has 7 nitrogen and oxygen atoms in total. The Morgan fingerprint density at radius 1 is 1.21 bits per heavy atom. The van der Waals surface area contributed by atoms with E-state index >= 15 is 0 Å². The van der Waals surface area contributed by atoms with E-state index in [-0.39, 0.29) is 17.4 Å². The van der Waals surface area contributed by atoms with Gasteiger partial charge in [0.25, 0.3) is 5.89 Å². The Kier molecular flexibility index (Phi) is 4.53. The third-order valence-corrected chi connectivity index (χ3v) is 5.42. The zero-order chi connectivity index (χ0) is 19.9. The van der Waals surface area contributed by atoms with Crippen molar-refractivity contribution >= 4 is 6.09 Å². The summed E-state index contributed by atoms with van der Waals surface area (Å²) in [6, 6.07) is 4.55. The lowest BCUT2D eigenvalue weighted by molar-refractivity contribution is -0.137.